The molecule has 3 rings (SSSR count). The fourth-order valence-electron chi connectivity index (χ4n) is 2.04. The molecule has 2 aromatic carbocycles. The molecule has 0 unspecified atom stereocenters. The lowest BCUT2D eigenvalue weighted by Gasteiger charge is -2.04. The summed E-state index contributed by atoms with van der Waals surface area (Å²) in [7, 11) is 0. The molecule has 2 N–H and O–H groups in total. The van der Waals surface area contributed by atoms with Crippen LogP contribution in [0.5, 0.6) is 0 Å². The Balaban J connectivity index is 2.16. The Morgan fingerprint density at radius 2 is 1.67 bits per heavy atom. The quantitative estimate of drug-likeness (QED) is 0.626. The van der Waals surface area contributed by atoms with Gasteiger partial charge in [0.1, 0.15) is 11.5 Å². The third kappa shape index (κ3) is 2.73. The second-order valence-corrected chi connectivity index (χ2v) is 6.18. The van der Waals surface area contributed by atoms with Gasteiger partial charge in [0.25, 0.3) is 0 Å². The summed E-state index contributed by atoms with van der Waals surface area (Å²) < 4.78 is 20.2. The molecule has 0 aliphatic rings. The standard InChI is InChI=1S/C15H9Br2FN2O/c16-10-4-1-8(2-5-10)13-14(20-21-15(13)19)9-3-6-11(17)12(18)7-9/h1-7H,19H2. The van der Waals surface area contributed by atoms with Gasteiger partial charge in [0.05, 0.1) is 10.0 Å². The molecule has 0 fully saturated rings. The summed E-state index contributed by atoms with van der Waals surface area (Å²) in [6.07, 6.45) is 0. The molecule has 106 valence electrons. The highest BCUT2D eigenvalue weighted by Gasteiger charge is 2.18. The van der Waals surface area contributed by atoms with Crippen LogP contribution >= 0.6 is 31.9 Å². The smallest absolute Gasteiger partial charge is 0.230 e. The fraction of sp³-hybridized carbons (Fsp3) is 0. The second-order valence-electron chi connectivity index (χ2n) is 4.41. The Labute approximate surface area is 137 Å². The number of nitrogens with two attached hydrogens (primary N) is 1. The fourth-order valence-corrected chi connectivity index (χ4v) is 2.55. The zero-order valence-electron chi connectivity index (χ0n) is 10.6. The number of rotatable bonds is 2. The first-order chi connectivity index (χ1) is 10.1. The highest BCUT2D eigenvalue weighted by Crippen LogP contribution is 2.37. The Morgan fingerprint density at radius 3 is 2.33 bits per heavy atom. The summed E-state index contributed by atoms with van der Waals surface area (Å²) in [6.45, 7) is 0. The van der Waals surface area contributed by atoms with Crippen LogP contribution in [0.4, 0.5) is 10.3 Å². The van der Waals surface area contributed by atoms with Crippen molar-refractivity contribution in [3.63, 3.8) is 0 Å². The lowest BCUT2D eigenvalue weighted by atomic mass is 10.0. The van der Waals surface area contributed by atoms with Crippen molar-refractivity contribution >= 4 is 37.7 Å². The van der Waals surface area contributed by atoms with E-state index in [9.17, 15) is 4.39 Å². The van der Waals surface area contributed by atoms with E-state index in [1.165, 1.54) is 6.07 Å². The van der Waals surface area contributed by atoms with E-state index in [0.29, 0.717) is 21.3 Å². The average molecular weight is 412 g/mol. The topological polar surface area (TPSA) is 52.0 Å². The number of hydrogen-bond acceptors (Lipinski definition) is 3. The van der Waals surface area contributed by atoms with Crippen LogP contribution in [0, 0.1) is 5.82 Å². The molecule has 0 saturated heterocycles. The monoisotopic (exact) mass is 410 g/mol. The summed E-state index contributed by atoms with van der Waals surface area (Å²) in [6, 6.07) is 12.4. The highest BCUT2D eigenvalue weighted by molar-refractivity contribution is 9.10. The first-order valence-electron chi connectivity index (χ1n) is 6.03. The Hall–Kier alpha value is -1.66. The van der Waals surface area contributed by atoms with Crippen LogP contribution in [0.1, 0.15) is 0 Å². The SMILES string of the molecule is Nc1onc(-c2ccc(Br)c(F)c2)c1-c1ccc(Br)cc1. The summed E-state index contributed by atoms with van der Waals surface area (Å²) in [5.41, 5.74) is 8.51. The maximum atomic E-state index is 13.7. The van der Waals surface area contributed by atoms with Crippen molar-refractivity contribution in [2.75, 3.05) is 5.73 Å². The van der Waals surface area contributed by atoms with Gasteiger partial charge in [0, 0.05) is 10.0 Å². The van der Waals surface area contributed by atoms with E-state index in [-0.39, 0.29) is 11.7 Å². The summed E-state index contributed by atoms with van der Waals surface area (Å²) in [4.78, 5) is 0. The molecule has 1 heterocycles. The van der Waals surface area contributed by atoms with E-state index in [2.05, 4.69) is 37.0 Å². The largest absolute Gasteiger partial charge is 0.367 e. The van der Waals surface area contributed by atoms with Crippen LogP contribution in [0.2, 0.25) is 0 Å². The van der Waals surface area contributed by atoms with E-state index >= 15 is 0 Å². The number of halogens is 3. The highest BCUT2D eigenvalue weighted by atomic mass is 79.9. The van der Waals surface area contributed by atoms with Crippen LogP contribution in [-0.2, 0) is 0 Å². The van der Waals surface area contributed by atoms with Crippen molar-refractivity contribution in [1.29, 1.82) is 0 Å². The van der Waals surface area contributed by atoms with E-state index in [0.717, 1.165) is 10.0 Å². The molecular weight excluding hydrogens is 403 g/mol. The molecule has 0 radical (unpaired) electrons. The second kappa shape index (κ2) is 5.61. The van der Waals surface area contributed by atoms with Gasteiger partial charge in [-0.05, 0) is 45.8 Å². The van der Waals surface area contributed by atoms with Crippen LogP contribution in [0.25, 0.3) is 22.4 Å². The van der Waals surface area contributed by atoms with Gasteiger partial charge in [-0.2, -0.15) is 0 Å². The molecule has 0 aliphatic carbocycles. The van der Waals surface area contributed by atoms with E-state index in [1.54, 1.807) is 12.1 Å². The molecule has 3 nitrogen and oxygen atoms in total. The van der Waals surface area contributed by atoms with E-state index in [1.807, 2.05) is 24.3 Å². The predicted octanol–water partition coefficient (Wildman–Crippen LogP) is 5.25. The molecule has 0 atom stereocenters. The number of benzene rings is 2. The van der Waals surface area contributed by atoms with Crippen molar-refractivity contribution in [1.82, 2.24) is 5.16 Å². The van der Waals surface area contributed by atoms with Crippen LogP contribution in [0.15, 0.2) is 55.9 Å². The van der Waals surface area contributed by atoms with Crippen LogP contribution < -0.4 is 5.73 Å². The van der Waals surface area contributed by atoms with Crippen molar-refractivity contribution in [2.24, 2.45) is 0 Å². The molecular formula is C15H9Br2FN2O. The molecule has 1 aromatic heterocycles. The van der Waals surface area contributed by atoms with Gasteiger partial charge in [-0.15, -0.1) is 0 Å². The van der Waals surface area contributed by atoms with Gasteiger partial charge in [0.15, 0.2) is 0 Å². The minimum Gasteiger partial charge on any atom is -0.367 e. The molecule has 3 aromatic rings. The summed E-state index contributed by atoms with van der Waals surface area (Å²) >= 11 is 6.51. The third-order valence-corrected chi connectivity index (χ3v) is 4.22. The Kier molecular flexibility index (Phi) is 3.82. The number of nitrogen functional groups attached to an aromatic ring is 1. The lowest BCUT2D eigenvalue weighted by molar-refractivity contribution is 0.439. The van der Waals surface area contributed by atoms with Crippen molar-refractivity contribution in [3.05, 3.63) is 57.2 Å². The van der Waals surface area contributed by atoms with Gasteiger partial charge >= 0.3 is 0 Å². The van der Waals surface area contributed by atoms with Crippen molar-refractivity contribution < 1.29 is 8.91 Å². The maximum absolute atomic E-state index is 13.7. The Bertz CT molecular complexity index is 800. The Morgan fingerprint density at radius 1 is 1.00 bits per heavy atom. The van der Waals surface area contributed by atoms with Gasteiger partial charge in [-0.25, -0.2) is 4.39 Å². The molecule has 21 heavy (non-hydrogen) atoms. The zero-order chi connectivity index (χ0) is 15.0. The molecule has 0 spiro atoms. The van der Waals surface area contributed by atoms with Crippen LogP contribution in [-0.4, -0.2) is 5.16 Å². The molecule has 0 amide bonds. The zero-order valence-corrected chi connectivity index (χ0v) is 13.8. The molecule has 0 aliphatic heterocycles. The molecule has 6 heteroatoms. The van der Waals surface area contributed by atoms with Gasteiger partial charge in [-0.3, -0.25) is 0 Å². The molecule has 0 saturated carbocycles. The first-order valence-corrected chi connectivity index (χ1v) is 7.61. The number of hydrogen-bond donors (Lipinski definition) is 1. The number of nitrogens with zero attached hydrogens (tertiary/aromatic N) is 1. The summed E-state index contributed by atoms with van der Waals surface area (Å²) in [5.74, 6) is -0.161. The van der Waals surface area contributed by atoms with E-state index < -0.39 is 0 Å². The summed E-state index contributed by atoms with van der Waals surface area (Å²) in [5, 5.41) is 3.96. The maximum Gasteiger partial charge on any atom is 0.230 e. The van der Waals surface area contributed by atoms with Crippen molar-refractivity contribution in [2.45, 2.75) is 0 Å². The minimum atomic E-state index is -0.365. The average Bonchev–Trinajstić information content (AvgIpc) is 2.85. The minimum absolute atomic E-state index is 0.204. The number of aromatic nitrogens is 1. The van der Waals surface area contributed by atoms with Gasteiger partial charge in [0.2, 0.25) is 5.88 Å². The molecule has 0 bridgehead atoms. The predicted molar refractivity (Wildman–Crippen MR) is 87.1 cm³/mol. The number of anilines is 1. The lowest BCUT2D eigenvalue weighted by Crippen LogP contribution is -1.88. The van der Waals surface area contributed by atoms with Gasteiger partial charge < -0.3 is 10.3 Å². The normalized spacial score (nSPS) is 10.8. The third-order valence-electron chi connectivity index (χ3n) is 3.04. The first kappa shape index (κ1) is 14.3. The van der Waals surface area contributed by atoms with Crippen molar-refractivity contribution in [3.8, 4) is 22.4 Å². The van der Waals surface area contributed by atoms with Crippen LogP contribution in [0.3, 0.4) is 0 Å². The van der Waals surface area contributed by atoms with Gasteiger partial charge in [-0.1, -0.05) is 39.3 Å². The van der Waals surface area contributed by atoms with E-state index in [4.69, 9.17) is 10.3 Å².